The number of aryl methyl sites for hydroxylation is 2. The third-order valence-electron chi connectivity index (χ3n) is 5.36. The first-order valence-corrected chi connectivity index (χ1v) is 11.6. The highest BCUT2D eigenvalue weighted by molar-refractivity contribution is 7.89. The zero-order valence-corrected chi connectivity index (χ0v) is 18.0. The Labute approximate surface area is 173 Å². The van der Waals surface area contributed by atoms with Crippen LogP contribution in [0.2, 0.25) is 0 Å². The topological polar surface area (TPSA) is 52.6 Å². The lowest BCUT2D eigenvalue weighted by atomic mass is 10.2. The molecule has 2 aromatic carbocycles. The van der Waals surface area contributed by atoms with Gasteiger partial charge in [0, 0.05) is 38.4 Å². The Bertz CT molecular complexity index is 925. The highest BCUT2D eigenvalue weighted by Gasteiger charge is 2.18. The molecule has 0 bridgehead atoms. The highest BCUT2D eigenvalue weighted by Crippen LogP contribution is 2.18. The number of rotatable bonds is 8. The van der Waals surface area contributed by atoms with Crippen molar-refractivity contribution in [2.24, 2.45) is 0 Å². The van der Waals surface area contributed by atoms with E-state index in [1.54, 1.807) is 6.92 Å². The summed E-state index contributed by atoms with van der Waals surface area (Å²) in [7, 11) is -3.59. The van der Waals surface area contributed by atoms with Gasteiger partial charge >= 0.3 is 0 Å². The van der Waals surface area contributed by atoms with Crippen molar-refractivity contribution in [2.45, 2.75) is 31.6 Å². The van der Waals surface area contributed by atoms with Crippen molar-refractivity contribution in [2.75, 3.05) is 44.2 Å². The second kappa shape index (κ2) is 9.69. The molecule has 1 N–H and O–H groups in total. The minimum absolute atomic E-state index is 0.145. The Morgan fingerprint density at radius 1 is 1.00 bits per heavy atom. The molecule has 29 heavy (non-hydrogen) atoms. The molecule has 2 aromatic rings. The van der Waals surface area contributed by atoms with Crippen LogP contribution in [0.4, 0.5) is 10.1 Å². The second-order valence-electron chi connectivity index (χ2n) is 7.68. The molecule has 3 rings (SSSR count). The summed E-state index contributed by atoms with van der Waals surface area (Å²) in [5.74, 6) is -0.427. The van der Waals surface area contributed by atoms with E-state index in [0.29, 0.717) is 12.1 Å². The smallest absolute Gasteiger partial charge is 0.240 e. The van der Waals surface area contributed by atoms with Gasteiger partial charge in [-0.1, -0.05) is 12.1 Å². The van der Waals surface area contributed by atoms with Crippen molar-refractivity contribution >= 4 is 15.7 Å². The average Bonchev–Trinajstić information content (AvgIpc) is 2.68. The minimum atomic E-state index is -3.59. The Balaban J connectivity index is 1.37. The number of hydrogen-bond donors (Lipinski definition) is 1. The quantitative estimate of drug-likeness (QED) is 0.667. The Hall–Kier alpha value is -1.96. The van der Waals surface area contributed by atoms with Gasteiger partial charge in [0.15, 0.2) is 0 Å². The molecule has 0 radical (unpaired) electrons. The molecule has 0 saturated carbocycles. The number of nitrogens with zero attached hydrogens (tertiary/aromatic N) is 2. The van der Waals surface area contributed by atoms with Gasteiger partial charge in [-0.25, -0.2) is 17.5 Å². The number of nitrogens with one attached hydrogen (secondary N) is 1. The lowest BCUT2D eigenvalue weighted by molar-refractivity contribution is 0.253. The number of unbranched alkanes of at least 4 members (excludes halogenated alkanes) is 1. The molecule has 1 heterocycles. The van der Waals surface area contributed by atoms with E-state index in [4.69, 9.17) is 0 Å². The Kier molecular flexibility index (Phi) is 7.27. The Morgan fingerprint density at radius 3 is 2.45 bits per heavy atom. The molecule has 0 atom stereocenters. The number of hydrogen-bond acceptors (Lipinski definition) is 4. The molecular formula is C22H30FN3O2S. The zero-order valence-electron chi connectivity index (χ0n) is 17.2. The van der Waals surface area contributed by atoms with Crippen LogP contribution in [-0.4, -0.2) is 52.6 Å². The maximum absolute atomic E-state index is 13.2. The largest absolute Gasteiger partial charge is 0.369 e. The molecule has 7 heteroatoms. The number of piperazine rings is 1. The predicted molar refractivity (Wildman–Crippen MR) is 115 cm³/mol. The first-order chi connectivity index (χ1) is 13.8. The summed E-state index contributed by atoms with van der Waals surface area (Å²) in [6, 6.07) is 12.3. The summed E-state index contributed by atoms with van der Waals surface area (Å²) in [6.45, 7) is 9.16. The predicted octanol–water partition coefficient (Wildman–Crippen LogP) is 3.32. The number of anilines is 1. The van der Waals surface area contributed by atoms with Gasteiger partial charge in [-0.2, -0.15) is 0 Å². The molecule has 0 amide bonds. The first-order valence-electron chi connectivity index (χ1n) is 10.1. The molecule has 0 aliphatic carbocycles. The fourth-order valence-corrected chi connectivity index (χ4v) is 5.01. The molecule has 5 nitrogen and oxygen atoms in total. The van der Waals surface area contributed by atoms with Crippen LogP contribution >= 0.6 is 0 Å². The van der Waals surface area contributed by atoms with Crippen molar-refractivity contribution in [1.82, 2.24) is 9.62 Å². The van der Waals surface area contributed by atoms with Crippen LogP contribution in [0.15, 0.2) is 47.4 Å². The van der Waals surface area contributed by atoms with Crippen LogP contribution in [0.25, 0.3) is 0 Å². The zero-order chi connectivity index (χ0) is 20.9. The van der Waals surface area contributed by atoms with Crippen LogP contribution in [0.3, 0.4) is 0 Å². The SMILES string of the molecule is Cc1cccc(N2CCN(CCCCNS(=O)(=O)c3ccc(F)cc3C)CC2)c1. The van der Waals surface area contributed by atoms with E-state index in [2.05, 4.69) is 45.7 Å². The van der Waals surface area contributed by atoms with Gasteiger partial charge < -0.3 is 4.90 Å². The van der Waals surface area contributed by atoms with Gasteiger partial charge in [0.05, 0.1) is 4.90 Å². The summed E-state index contributed by atoms with van der Waals surface area (Å²) >= 11 is 0. The summed E-state index contributed by atoms with van der Waals surface area (Å²) in [6.07, 6.45) is 1.72. The van der Waals surface area contributed by atoms with E-state index < -0.39 is 15.8 Å². The fourth-order valence-electron chi connectivity index (χ4n) is 3.71. The van der Waals surface area contributed by atoms with E-state index in [1.807, 2.05) is 0 Å². The van der Waals surface area contributed by atoms with Crippen LogP contribution in [0.5, 0.6) is 0 Å². The van der Waals surface area contributed by atoms with Crippen LogP contribution in [0.1, 0.15) is 24.0 Å². The molecule has 0 unspecified atom stereocenters. The molecular weight excluding hydrogens is 389 g/mol. The van der Waals surface area contributed by atoms with Gasteiger partial charge in [0.25, 0.3) is 0 Å². The van der Waals surface area contributed by atoms with E-state index >= 15 is 0 Å². The standard InChI is InChI=1S/C22H30FN3O2S/c1-18-6-5-7-21(16-18)26-14-12-25(13-15-26)11-4-3-10-24-29(27,28)22-9-8-20(23)17-19(22)2/h5-9,16-17,24H,3-4,10-15H2,1-2H3. The van der Waals surface area contributed by atoms with Gasteiger partial charge in [0.2, 0.25) is 10.0 Å². The maximum atomic E-state index is 13.2. The highest BCUT2D eigenvalue weighted by atomic mass is 32.2. The summed E-state index contributed by atoms with van der Waals surface area (Å²) in [5.41, 5.74) is 2.99. The van der Waals surface area contributed by atoms with Crippen molar-refractivity contribution in [3.05, 3.63) is 59.4 Å². The second-order valence-corrected chi connectivity index (χ2v) is 9.42. The van der Waals surface area contributed by atoms with Gasteiger partial charge in [-0.15, -0.1) is 0 Å². The number of sulfonamides is 1. The van der Waals surface area contributed by atoms with E-state index in [0.717, 1.165) is 45.6 Å². The lowest BCUT2D eigenvalue weighted by Gasteiger charge is -2.36. The van der Waals surface area contributed by atoms with Crippen molar-refractivity contribution in [1.29, 1.82) is 0 Å². The summed E-state index contributed by atoms with van der Waals surface area (Å²) in [4.78, 5) is 5.00. The number of benzene rings is 2. The molecule has 1 saturated heterocycles. The van der Waals surface area contributed by atoms with Crippen molar-refractivity contribution in [3.8, 4) is 0 Å². The van der Waals surface area contributed by atoms with E-state index in [9.17, 15) is 12.8 Å². The average molecular weight is 420 g/mol. The number of halogens is 1. The fraction of sp³-hybridized carbons (Fsp3) is 0.455. The third kappa shape index (κ3) is 6.01. The molecule has 1 aliphatic rings. The first kappa shape index (κ1) is 21.7. The van der Waals surface area contributed by atoms with Gasteiger partial charge in [0.1, 0.15) is 5.82 Å². The molecule has 1 aliphatic heterocycles. The Morgan fingerprint density at radius 2 is 1.76 bits per heavy atom. The van der Waals surface area contributed by atoms with Crippen molar-refractivity contribution < 1.29 is 12.8 Å². The summed E-state index contributed by atoms with van der Waals surface area (Å²) in [5, 5.41) is 0. The molecule has 1 fully saturated rings. The van der Waals surface area contributed by atoms with Gasteiger partial charge in [-0.3, -0.25) is 4.90 Å². The van der Waals surface area contributed by atoms with E-state index in [1.165, 1.54) is 29.4 Å². The lowest BCUT2D eigenvalue weighted by Crippen LogP contribution is -2.46. The molecule has 158 valence electrons. The molecule has 0 aromatic heterocycles. The summed E-state index contributed by atoms with van der Waals surface area (Å²) < 4.78 is 40.6. The van der Waals surface area contributed by atoms with Crippen LogP contribution in [0, 0.1) is 19.7 Å². The van der Waals surface area contributed by atoms with Crippen LogP contribution < -0.4 is 9.62 Å². The van der Waals surface area contributed by atoms with Crippen molar-refractivity contribution in [3.63, 3.8) is 0 Å². The monoisotopic (exact) mass is 419 g/mol. The molecule has 0 spiro atoms. The van der Waals surface area contributed by atoms with E-state index in [-0.39, 0.29) is 4.90 Å². The maximum Gasteiger partial charge on any atom is 0.240 e. The minimum Gasteiger partial charge on any atom is -0.369 e. The van der Waals surface area contributed by atoms with Gasteiger partial charge in [-0.05, 0) is 74.7 Å². The normalized spacial score (nSPS) is 15.6. The van der Waals surface area contributed by atoms with Crippen LogP contribution in [-0.2, 0) is 10.0 Å². The third-order valence-corrected chi connectivity index (χ3v) is 6.98.